The third-order valence-electron chi connectivity index (χ3n) is 17.8. The van der Waals surface area contributed by atoms with Crippen molar-refractivity contribution in [3.8, 4) is 0 Å². The summed E-state index contributed by atoms with van der Waals surface area (Å²) in [4.78, 5) is 25.7. The first-order chi connectivity index (χ1) is 24.4. The van der Waals surface area contributed by atoms with Crippen LogP contribution in [0.15, 0.2) is 23.8 Å². The molecule has 290 valence electrons. The van der Waals surface area contributed by atoms with E-state index in [2.05, 4.69) is 52.8 Å². The Kier molecular flexibility index (Phi) is 8.45. The van der Waals surface area contributed by atoms with Crippen LogP contribution in [0, 0.1) is 61.6 Å². The molecule has 0 aromatic carbocycles. The molecule has 10 heteroatoms. The smallest absolute Gasteiger partial charge is 0.335 e. The summed E-state index contributed by atoms with van der Waals surface area (Å²) in [5.41, 5.74) is -0.561. The molecule has 17 atom stereocenters. The average molecular weight is 727 g/mol. The van der Waals surface area contributed by atoms with E-state index >= 15 is 0 Å². The second-order valence-electron chi connectivity index (χ2n) is 20.1. The highest BCUT2D eigenvalue weighted by Crippen LogP contribution is 2.81. The van der Waals surface area contributed by atoms with Crippen molar-refractivity contribution in [1.82, 2.24) is 0 Å². The van der Waals surface area contributed by atoms with Crippen molar-refractivity contribution in [2.75, 3.05) is 13.7 Å². The zero-order chi connectivity index (χ0) is 37.4. The largest absolute Gasteiger partial charge is 0.481 e. The molecule has 8 aliphatic rings. The summed E-state index contributed by atoms with van der Waals surface area (Å²) in [7, 11) is 1.71. The molecular weight excluding hydrogens is 664 g/mol. The Morgan fingerprint density at radius 3 is 2.37 bits per heavy atom. The molecule has 5 N–H and O–H groups in total. The predicted molar refractivity (Wildman–Crippen MR) is 191 cm³/mol. The lowest BCUT2D eigenvalue weighted by molar-refractivity contribution is -0.332. The molecule has 7 aliphatic carbocycles. The van der Waals surface area contributed by atoms with Crippen molar-refractivity contribution in [2.45, 2.75) is 148 Å². The first-order valence-corrected chi connectivity index (χ1v) is 20.1. The van der Waals surface area contributed by atoms with Gasteiger partial charge in [0.15, 0.2) is 12.4 Å². The molecule has 1 heterocycles. The van der Waals surface area contributed by atoms with Crippen LogP contribution < -0.4 is 0 Å². The van der Waals surface area contributed by atoms with Crippen molar-refractivity contribution >= 4 is 11.9 Å². The third-order valence-corrected chi connectivity index (χ3v) is 17.8. The molecule has 1 spiro atoms. The fourth-order valence-electron chi connectivity index (χ4n) is 15.9. The molecule has 8 rings (SSSR count). The van der Waals surface area contributed by atoms with Crippen molar-refractivity contribution in [2.24, 2.45) is 61.6 Å². The second kappa shape index (κ2) is 11.8. The lowest BCUT2D eigenvalue weighted by Gasteiger charge is -2.76. The van der Waals surface area contributed by atoms with Crippen molar-refractivity contribution < 1.29 is 49.3 Å². The summed E-state index contributed by atoms with van der Waals surface area (Å²) >= 11 is 0. The average Bonchev–Trinajstić information content (AvgIpc) is 3.06. The van der Waals surface area contributed by atoms with Gasteiger partial charge in [-0.15, -0.1) is 0 Å². The normalized spacial score (nSPS) is 56.3. The third kappa shape index (κ3) is 4.51. The van der Waals surface area contributed by atoms with Crippen molar-refractivity contribution in [1.29, 1.82) is 0 Å². The van der Waals surface area contributed by atoms with E-state index in [0.717, 1.165) is 64.2 Å². The Morgan fingerprint density at radius 1 is 0.923 bits per heavy atom. The molecule has 0 amide bonds. The van der Waals surface area contributed by atoms with Gasteiger partial charge in [0.25, 0.3) is 0 Å². The maximum absolute atomic E-state index is 13.8. The highest BCUT2D eigenvalue weighted by Gasteiger charge is 2.76. The number of methoxy groups -OCH3 is 1. The minimum Gasteiger partial charge on any atom is -0.481 e. The van der Waals surface area contributed by atoms with Gasteiger partial charge in [0.2, 0.25) is 0 Å². The number of carboxylic acids is 2. The Bertz CT molecular complexity index is 1560. The van der Waals surface area contributed by atoms with E-state index in [-0.39, 0.29) is 39.1 Å². The number of carboxylic acid groups (broad SMARTS) is 2. The van der Waals surface area contributed by atoms with E-state index in [9.17, 15) is 35.1 Å². The molecule has 5 saturated carbocycles. The number of aliphatic carboxylic acids is 2. The van der Waals surface area contributed by atoms with Crippen LogP contribution >= 0.6 is 0 Å². The van der Waals surface area contributed by atoms with E-state index < -0.39 is 53.5 Å². The number of hydrogen-bond donors (Lipinski definition) is 5. The molecule has 6 fully saturated rings. The Hall–Kier alpha value is -1.82. The summed E-state index contributed by atoms with van der Waals surface area (Å²) in [6.45, 7) is 12.7. The van der Waals surface area contributed by atoms with E-state index in [0.29, 0.717) is 37.2 Å². The van der Waals surface area contributed by atoms with Gasteiger partial charge in [0, 0.05) is 18.4 Å². The lowest BCUT2D eigenvalue weighted by atomic mass is 9.28. The maximum Gasteiger partial charge on any atom is 0.335 e. The number of hydrogen-bond acceptors (Lipinski definition) is 8. The van der Waals surface area contributed by atoms with Gasteiger partial charge in [-0.3, -0.25) is 4.79 Å². The summed E-state index contributed by atoms with van der Waals surface area (Å²) in [6.07, 6.45) is 9.68. The first kappa shape index (κ1) is 37.1. The molecule has 1 saturated heterocycles. The van der Waals surface area contributed by atoms with Crippen molar-refractivity contribution in [3.05, 3.63) is 23.8 Å². The fraction of sp³-hybridized carbons (Fsp3) is 0.857. The molecule has 0 aromatic heterocycles. The molecular formula is C42H62O10. The van der Waals surface area contributed by atoms with Gasteiger partial charge >= 0.3 is 11.9 Å². The lowest BCUT2D eigenvalue weighted by Crippen LogP contribution is -2.71. The standard InChI is InChI=1S/C42H62O10/c1-36-13-8-15-41(22-36)26-11-10-25-37(2)16-12-27(51-34-30(45)28(43)29(44)31(52-34)33(46)47)38(3)14-7-9-23(32(37)38)19-40(25,5)39(26,4)17-18-42(41,35(48)49)24(20-36)21-50-6/h8,11,15,23-25,27-32,34,43-45H,7,9-10,12-14,16-22H2,1-6H3,(H,46,47)(H,48,49)/t23-,24+,25+,27-,28-,29-,30+,31-,32+,34+,36-,37+,38+,39+,40+,41-,42-/m0/s1. The van der Waals surface area contributed by atoms with Gasteiger partial charge in [0.1, 0.15) is 18.3 Å². The highest BCUT2D eigenvalue weighted by molar-refractivity contribution is 5.79. The predicted octanol–water partition coefficient (Wildman–Crippen LogP) is 5.72. The molecule has 0 unspecified atom stereocenters. The monoisotopic (exact) mass is 726 g/mol. The van der Waals surface area contributed by atoms with Crippen LogP contribution in [0.25, 0.3) is 0 Å². The van der Waals surface area contributed by atoms with Crippen LogP contribution in [-0.4, -0.2) is 88.0 Å². The van der Waals surface area contributed by atoms with E-state index in [1.807, 2.05) is 0 Å². The molecule has 52 heavy (non-hydrogen) atoms. The summed E-state index contributed by atoms with van der Waals surface area (Å²) in [6, 6.07) is 0. The number of rotatable bonds is 6. The van der Waals surface area contributed by atoms with Crippen LogP contribution in [0.3, 0.4) is 0 Å². The molecule has 1 aliphatic heterocycles. The molecule has 2 bridgehead atoms. The number of allylic oxidation sites excluding steroid dienone is 4. The summed E-state index contributed by atoms with van der Waals surface area (Å²) < 4.78 is 18.0. The van der Waals surface area contributed by atoms with E-state index in [4.69, 9.17) is 14.2 Å². The van der Waals surface area contributed by atoms with E-state index in [1.165, 1.54) is 5.57 Å². The highest BCUT2D eigenvalue weighted by atomic mass is 16.7. The van der Waals surface area contributed by atoms with Gasteiger partial charge in [-0.1, -0.05) is 71.3 Å². The van der Waals surface area contributed by atoms with Gasteiger partial charge in [-0.2, -0.15) is 0 Å². The second-order valence-corrected chi connectivity index (χ2v) is 20.1. The van der Waals surface area contributed by atoms with Crippen LogP contribution in [0.1, 0.15) is 112 Å². The van der Waals surface area contributed by atoms with Crippen LogP contribution in [-0.2, 0) is 23.8 Å². The quantitative estimate of drug-likeness (QED) is 0.169. The van der Waals surface area contributed by atoms with Gasteiger partial charge in [-0.05, 0) is 109 Å². The zero-order valence-electron chi connectivity index (χ0n) is 32.0. The number of fused-ring (bicyclic) bond motifs is 5. The number of ether oxygens (including phenoxy) is 3. The summed E-state index contributed by atoms with van der Waals surface area (Å²) in [5.74, 6) is -1.00. The van der Waals surface area contributed by atoms with Crippen LogP contribution in [0.2, 0.25) is 0 Å². The van der Waals surface area contributed by atoms with Crippen LogP contribution in [0.5, 0.6) is 0 Å². The number of aliphatic hydroxyl groups excluding tert-OH is 3. The first-order valence-electron chi connectivity index (χ1n) is 20.1. The Morgan fingerprint density at radius 2 is 1.67 bits per heavy atom. The van der Waals surface area contributed by atoms with Gasteiger partial charge in [0.05, 0.1) is 18.1 Å². The number of carbonyl (C=O) groups is 2. The minimum absolute atomic E-state index is 0.0230. The number of aliphatic hydroxyl groups is 3. The molecule has 0 radical (unpaired) electrons. The molecule has 0 aromatic rings. The van der Waals surface area contributed by atoms with Crippen molar-refractivity contribution in [3.63, 3.8) is 0 Å². The Labute approximate surface area is 308 Å². The van der Waals surface area contributed by atoms with Gasteiger partial charge < -0.3 is 39.7 Å². The maximum atomic E-state index is 13.8. The van der Waals surface area contributed by atoms with E-state index in [1.54, 1.807) is 7.11 Å². The fourth-order valence-corrected chi connectivity index (χ4v) is 15.9. The van der Waals surface area contributed by atoms with Crippen LogP contribution in [0.4, 0.5) is 0 Å². The molecule has 10 nitrogen and oxygen atoms in total. The zero-order valence-corrected chi connectivity index (χ0v) is 32.0. The topological polar surface area (TPSA) is 163 Å². The summed E-state index contributed by atoms with van der Waals surface area (Å²) in [5, 5.41) is 52.8. The minimum atomic E-state index is -1.75. The Balaban J connectivity index is 1.17. The van der Waals surface area contributed by atoms with Gasteiger partial charge in [-0.25, -0.2) is 4.79 Å². The SMILES string of the molecule is COC[C@H]1C[C@]2(C)CC=C[C@]3(C2)C2=CC[C@@H]4[C@@]5(C)CC[C@H](O[C@@H]6O[C@H](C(=O)O)[C@@H](O)[C@H](O)[C@H]6O)[C@@]6(C)CCC[C@@H](C[C@@]4(C)[C@]2(C)CC[C@@]13C(=O)O)[C@@H]65.